The van der Waals surface area contributed by atoms with E-state index in [2.05, 4.69) is 0 Å². The highest BCUT2D eigenvalue weighted by atomic mass is 16.3. The smallest absolute Gasteiger partial charge is 0.122 e. The average Bonchev–Trinajstić information content (AvgIpc) is 2.39. The lowest BCUT2D eigenvalue weighted by Gasteiger charge is -2.16. The van der Waals surface area contributed by atoms with Gasteiger partial charge in [0, 0.05) is 12.0 Å². The summed E-state index contributed by atoms with van der Waals surface area (Å²) < 4.78 is 0. The lowest BCUT2D eigenvalue weighted by molar-refractivity contribution is 0.263. The van der Waals surface area contributed by atoms with Crippen molar-refractivity contribution in [2.75, 3.05) is 6.61 Å². The van der Waals surface area contributed by atoms with Crippen LogP contribution in [0.1, 0.15) is 22.6 Å². The number of aliphatic hydroxyl groups is 1. The number of benzene rings is 2. The molecular weight excluding hydrogens is 240 g/mol. The second kappa shape index (κ2) is 5.76. The van der Waals surface area contributed by atoms with Gasteiger partial charge in [-0.1, -0.05) is 35.9 Å². The summed E-state index contributed by atoms with van der Waals surface area (Å²) in [6.07, 6.45) is 0.533. The molecule has 0 amide bonds. The van der Waals surface area contributed by atoms with Crippen LogP contribution in [0.25, 0.3) is 0 Å². The summed E-state index contributed by atoms with van der Waals surface area (Å²) in [5, 5.41) is 28.6. The van der Waals surface area contributed by atoms with Crippen molar-refractivity contribution in [3.05, 3.63) is 59.2 Å². The zero-order chi connectivity index (χ0) is 13.8. The number of phenolic OH excluding ortho intramolecular Hbond substituents is 2. The first-order chi connectivity index (χ1) is 9.10. The van der Waals surface area contributed by atoms with Gasteiger partial charge in [0.25, 0.3) is 0 Å². The Hall–Kier alpha value is -2.00. The standard InChI is InChI=1S/C16H18O3/c1-11-2-4-12(5-3-11)14(10-17)8-13-6-7-15(18)9-16(13)19/h2-7,9,14,17-19H,8,10H2,1H3/t14-/m1/s1. The van der Waals surface area contributed by atoms with E-state index in [-0.39, 0.29) is 24.0 Å². The first-order valence-corrected chi connectivity index (χ1v) is 6.28. The van der Waals surface area contributed by atoms with Gasteiger partial charge < -0.3 is 15.3 Å². The quantitative estimate of drug-likeness (QED) is 0.790. The summed E-state index contributed by atoms with van der Waals surface area (Å²) in [6, 6.07) is 12.5. The van der Waals surface area contributed by atoms with Gasteiger partial charge in [-0.2, -0.15) is 0 Å². The molecular formula is C16H18O3. The van der Waals surface area contributed by atoms with Gasteiger partial charge in [-0.05, 0) is 30.5 Å². The molecule has 2 aromatic rings. The fourth-order valence-corrected chi connectivity index (χ4v) is 2.12. The minimum Gasteiger partial charge on any atom is -0.508 e. The van der Waals surface area contributed by atoms with Gasteiger partial charge in [0.2, 0.25) is 0 Å². The summed E-state index contributed by atoms with van der Waals surface area (Å²) in [5.41, 5.74) is 2.94. The van der Waals surface area contributed by atoms with E-state index >= 15 is 0 Å². The van der Waals surface area contributed by atoms with Crippen molar-refractivity contribution in [3.8, 4) is 11.5 Å². The molecule has 2 aromatic carbocycles. The maximum atomic E-state index is 9.79. The van der Waals surface area contributed by atoms with E-state index in [1.165, 1.54) is 11.6 Å². The zero-order valence-electron chi connectivity index (χ0n) is 10.9. The van der Waals surface area contributed by atoms with Crippen molar-refractivity contribution >= 4 is 0 Å². The zero-order valence-corrected chi connectivity index (χ0v) is 10.9. The molecule has 0 aromatic heterocycles. The molecule has 0 aliphatic rings. The molecule has 3 N–H and O–H groups in total. The molecule has 100 valence electrons. The van der Waals surface area contributed by atoms with Crippen LogP contribution in [0.5, 0.6) is 11.5 Å². The first kappa shape index (κ1) is 13.4. The van der Waals surface area contributed by atoms with Crippen molar-refractivity contribution in [1.82, 2.24) is 0 Å². The highest BCUT2D eigenvalue weighted by Crippen LogP contribution is 2.28. The predicted molar refractivity (Wildman–Crippen MR) is 74.5 cm³/mol. The molecule has 0 saturated carbocycles. The van der Waals surface area contributed by atoms with Crippen molar-refractivity contribution in [2.24, 2.45) is 0 Å². The fourth-order valence-electron chi connectivity index (χ4n) is 2.12. The summed E-state index contributed by atoms with van der Waals surface area (Å²) >= 11 is 0. The van der Waals surface area contributed by atoms with E-state index in [1.54, 1.807) is 12.1 Å². The predicted octanol–water partition coefficient (Wildman–Crippen LogP) is 2.72. The van der Waals surface area contributed by atoms with Crippen LogP contribution in [0.2, 0.25) is 0 Å². The lowest BCUT2D eigenvalue weighted by Crippen LogP contribution is -2.08. The molecule has 0 aliphatic carbocycles. The monoisotopic (exact) mass is 258 g/mol. The molecule has 0 bridgehead atoms. The fraction of sp³-hybridized carbons (Fsp3) is 0.250. The molecule has 2 rings (SSSR count). The number of phenols is 2. The number of aryl methyl sites for hydroxylation is 1. The van der Waals surface area contributed by atoms with E-state index in [9.17, 15) is 15.3 Å². The minimum absolute atomic E-state index is 0.0172. The topological polar surface area (TPSA) is 60.7 Å². The van der Waals surface area contributed by atoms with Crippen molar-refractivity contribution in [1.29, 1.82) is 0 Å². The molecule has 0 heterocycles. The van der Waals surface area contributed by atoms with Crippen molar-refractivity contribution in [2.45, 2.75) is 19.3 Å². The molecule has 0 spiro atoms. The van der Waals surface area contributed by atoms with Crippen LogP contribution in [0.4, 0.5) is 0 Å². The molecule has 1 atom stereocenters. The molecule has 3 nitrogen and oxygen atoms in total. The Morgan fingerprint density at radius 1 is 1.00 bits per heavy atom. The number of hydrogen-bond donors (Lipinski definition) is 3. The number of hydrogen-bond acceptors (Lipinski definition) is 3. The van der Waals surface area contributed by atoms with E-state index in [1.807, 2.05) is 31.2 Å². The summed E-state index contributed by atoms with van der Waals surface area (Å²) in [6.45, 7) is 2.03. The Morgan fingerprint density at radius 3 is 2.26 bits per heavy atom. The average molecular weight is 258 g/mol. The van der Waals surface area contributed by atoms with Gasteiger partial charge in [-0.25, -0.2) is 0 Å². The van der Waals surface area contributed by atoms with Gasteiger partial charge in [0.15, 0.2) is 0 Å². The van der Waals surface area contributed by atoms with Gasteiger partial charge in [-0.15, -0.1) is 0 Å². The van der Waals surface area contributed by atoms with Crippen LogP contribution < -0.4 is 0 Å². The van der Waals surface area contributed by atoms with Gasteiger partial charge in [0.05, 0.1) is 6.61 Å². The van der Waals surface area contributed by atoms with E-state index in [4.69, 9.17) is 0 Å². The minimum atomic E-state index is -0.0592. The third-order valence-corrected chi connectivity index (χ3v) is 3.30. The normalized spacial score (nSPS) is 12.3. The first-order valence-electron chi connectivity index (χ1n) is 6.28. The Labute approximate surface area is 112 Å². The van der Waals surface area contributed by atoms with Crippen LogP contribution >= 0.6 is 0 Å². The Morgan fingerprint density at radius 2 is 1.68 bits per heavy atom. The van der Waals surface area contributed by atoms with Crippen molar-refractivity contribution in [3.63, 3.8) is 0 Å². The molecule has 0 aliphatic heterocycles. The Kier molecular flexibility index (Phi) is 4.07. The molecule has 0 fully saturated rings. The largest absolute Gasteiger partial charge is 0.508 e. The van der Waals surface area contributed by atoms with Crippen LogP contribution in [0, 0.1) is 6.92 Å². The van der Waals surface area contributed by atoms with Crippen LogP contribution in [-0.4, -0.2) is 21.9 Å². The molecule has 3 heteroatoms. The van der Waals surface area contributed by atoms with Gasteiger partial charge in [-0.3, -0.25) is 0 Å². The van der Waals surface area contributed by atoms with E-state index < -0.39 is 0 Å². The maximum absolute atomic E-state index is 9.79. The number of aliphatic hydroxyl groups excluding tert-OH is 1. The lowest BCUT2D eigenvalue weighted by atomic mass is 9.92. The maximum Gasteiger partial charge on any atom is 0.122 e. The highest BCUT2D eigenvalue weighted by molar-refractivity contribution is 5.40. The van der Waals surface area contributed by atoms with Crippen LogP contribution in [0.3, 0.4) is 0 Å². The van der Waals surface area contributed by atoms with E-state index in [0.717, 1.165) is 11.1 Å². The van der Waals surface area contributed by atoms with Crippen molar-refractivity contribution < 1.29 is 15.3 Å². The van der Waals surface area contributed by atoms with Gasteiger partial charge in [0.1, 0.15) is 11.5 Å². The number of rotatable bonds is 4. The molecule has 0 unspecified atom stereocenters. The van der Waals surface area contributed by atoms with Crippen LogP contribution in [-0.2, 0) is 6.42 Å². The molecule has 0 saturated heterocycles. The second-order valence-electron chi connectivity index (χ2n) is 4.81. The Bertz CT molecular complexity index is 546. The third kappa shape index (κ3) is 3.26. The molecule has 0 radical (unpaired) electrons. The number of aromatic hydroxyl groups is 2. The third-order valence-electron chi connectivity index (χ3n) is 3.30. The molecule has 19 heavy (non-hydrogen) atoms. The van der Waals surface area contributed by atoms with Crippen LogP contribution in [0.15, 0.2) is 42.5 Å². The highest BCUT2D eigenvalue weighted by Gasteiger charge is 2.13. The summed E-state index contributed by atoms with van der Waals surface area (Å²) in [4.78, 5) is 0. The van der Waals surface area contributed by atoms with E-state index in [0.29, 0.717) is 6.42 Å². The summed E-state index contributed by atoms with van der Waals surface area (Å²) in [5.74, 6) is 0.0405. The SMILES string of the molecule is Cc1ccc([C@@H](CO)Cc2ccc(O)cc2O)cc1. The van der Waals surface area contributed by atoms with Gasteiger partial charge >= 0.3 is 0 Å². The second-order valence-corrected chi connectivity index (χ2v) is 4.81. The summed E-state index contributed by atoms with van der Waals surface area (Å²) in [7, 11) is 0. The Balaban J connectivity index is 2.21.